The third kappa shape index (κ3) is 5.00. The number of amides is 1. The highest BCUT2D eigenvalue weighted by molar-refractivity contribution is 7.89. The molecule has 3 rings (SSSR count). The molecule has 4 N–H and O–H groups in total. The maximum absolute atomic E-state index is 13.2. The third-order valence-electron chi connectivity index (χ3n) is 4.74. The maximum atomic E-state index is 13.2. The predicted molar refractivity (Wildman–Crippen MR) is 116 cm³/mol. The second-order valence-electron chi connectivity index (χ2n) is 6.89. The Morgan fingerprint density at radius 2 is 1.62 bits per heavy atom. The first-order valence-electron chi connectivity index (χ1n) is 9.49. The molecular weight excluding hydrogens is 386 g/mol. The quantitative estimate of drug-likeness (QED) is 0.530. The number of carbonyl (C=O) groups excluding carboxylic acids is 1. The van der Waals surface area contributed by atoms with E-state index < -0.39 is 22.0 Å². The van der Waals surface area contributed by atoms with Crippen molar-refractivity contribution in [1.29, 1.82) is 0 Å². The number of nitrogens with one attached hydrogen (secondary N) is 2. The molecule has 0 bridgehead atoms. The average Bonchev–Trinajstić information content (AvgIpc) is 2.72. The molecule has 0 aliphatic heterocycles. The zero-order valence-corrected chi connectivity index (χ0v) is 17.1. The molecule has 3 aromatic rings. The lowest BCUT2D eigenvalue weighted by Gasteiger charge is -2.19. The standard InChI is InChI=1S/C22H25N3O3S/c1-16-13-14-21(19-11-6-5-10-18(16)19)29(27,28)25-20(12-7-15-23)22(26)24-17-8-3-2-4-9-17/h2-6,8-11,13-14,20,25H,7,12,15,23H2,1H3,(H,24,26)/t20-/m0/s1. The Hall–Kier alpha value is -2.74. The van der Waals surface area contributed by atoms with Crippen LogP contribution in [0.1, 0.15) is 18.4 Å². The molecule has 0 unspecified atom stereocenters. The second-order valence-corrected chi connectivity index (χ2v) is 8.57. The number of benzene rings is 3. The van der Waals surface area contributed by atoms with Crippen LogP contribution in [0.25, 0.3) is 10.8 Å². The Bertz CT molecular complexity index is 1100. The van der Waals surface area contributed by atoms with Gasteiger partial charge in [0.2, 0.25) is 15.9 Å². The van der Waals surface area contributed by atoms with Crippen molar-refractivity contribution >= 4 is 32.4 Å². The first-order valence-corrected chi connectivity index (χ1v) is 11.0. The first-order chi connectivity index (χ1) is 13.9. The summed E-state index contributed by atoms with van der Waals surface area (Å²) in [7, 11) is -3.92. The van der Waals surface area contributed by atoms with Crippen LogP contribution < -0.4 is 15.8 Å². The Kier molecular flexibility index (Phi) is 6.64. The highest BCUT2D eigenvalue weighted by atomic mass is 32.2. The Morgan fingerprint density at radius 1 is 0.966 bits per heavy atom. The van der Waals surface area contributed by atoms with Gasteiger partial charge in [-0.2, -0.15) is 4.72 Å². The normalized spacial score (nSPS) is 12.6. The highest BCUT2D eigenvalue weighted by Crippen LogP contribution is 2.26. The summed E-state index contributed by atoms with van der Waals surface area (Å²) >= 11 is 0. The number of rotatable bonds is 8. The SMILES string of the molecule is Cc1ccc(S(=O)(=O)N[C@@H](CCCN)C(=O)Nc2ccccc2)c2ccccc12. The van der Waals surface area contributed by atoms with Crippen LogP contribution >= 0.6 is 0 Å². The van der Waals surface area contributed by atoms with E-state index in [-0.39, 0.29) is 4.90 Å². The van der Waals surface area contributed by atoms with Crippen molar-refractivity contribution < 1.29 is 13.2 Å². The van der Waals surface area contributed by atoms with E-state index in [0.29, 0.717) is 30.5 Å². The van der Waals surface area contributed by atoms with Crippen molar-refractivity contribution in [3.05, 3.63) is 72.3 Å². The minimum Gasteiger partial charge on any atom is -0.330 e. The van der Waals surface area contributed by atoms with E-state index in [4.69, 9.17) is 5.73 Å². The number of fused-ring (bicyclic) bond motifs is 1. The van der Waals surface area contributed by atoms with Crippen molar-refractivity contribution in [2.75, 3.05) is 11.9 Å². The molecule has 0 fully saturated rings. The van der Waals surface area contributed by atoms with Gasteiger partial charge in [-0.25, -0.2) is 8.42 Å². The second kappa shape index (κ2) is 9.17. The monoisotopic (exact) mass is 411 g/mol. The minimum atomic E-state index is -3.92. The molecule has 0 aromatic heterocycles. The van der Waals surface area contributed by atoms with E-state index >= 15 is 0 Å². The van der Waals surface area contributed by atoms with E-state index in [1.807, 2.05) is 25.1 Å². The zero-order chi connectivity index (χ0) is 20.9. The molecule has 6 nitrogen and oxygen atoms in total. The molecule has 3 aromatic carbocycles. The van der Waals surface area contributed by atoms with Crippen LogP contribution in [0.5, 0.6) is 0 Å². The van der Waals surface area contributed by atoms with Crippen LogP contribution in [-0.2, 0) is 14.8 Å². The molecule has 0 aliphatic rings. The summed E-state index contributed by atoms with van der Waals surface area (Å²) in [6, 6.07) is 18.7. The molecule has 7 heteroatoms. The molecule has 0 spiro atoms. The summed E-state index contributed by atoms with van der Waals surface area (Å²) in [5, 5.41) is 4.25. The molecule has 1 amide bonds. The van der Waals surface area contributed by atoms with Gasteiger partial charge in [0.15, 0.2) is 0 Å². The first kappa shape index (κ1) is 21.0. The largest absolute Gasteiger partial charge is 0.330 e. The summed E-state index contributed by atoms with van der Waals surface area (Å²) in [4.78, 5) is 12.9. The Balaban J connectivity index is 1.90. The van der Waals surface area contributed by atoms with Gasteiger partial charge in [0.05, 0.1) is 4.90 Å². The topological polar surface area (TPSA) is 101 Å². The van der Waals surface area contributed by atoms with Gasteiger partial charge in [0.25, 0.3) is 0 Å². The molecule has 152 valence electrons. The molecule has 0 saturated carbocycles. The van der Waals surface area contributed by atoms with Crippen LogP contribution in [0.2, 0.25) is 0 Å². The lowest BCUT2D eigenvalue weighted by molar-refractivity contribution is -0.117. The highest BCUT2D eigenvalue weighted by Gasteiger charge is 2.27. The van der Waals surface area contributed by atoms with E-state index in [1.165, 1.54) is 0 Å². The van der Waals surface area contributed by atoms with Gasteiger partial charge in [-0.1, -0.05) is 48.5 Å². The van der Waals surface area contributed by atoms with Gasteiger partial charge in [0, 0.05) is 11.1 Å². The maximum Gasteiger partial charge on any atom is 0.242 e. The van der Waals surface area contributed by atoms with Crippen LogP contribution in [0.4, 0.5) is 5.69 Å². The smallest absolute Gasteiger partial charge is 0.242 e. The van der Waals surface area contributed by atoms with Crippen LogP contribution in [-0.4, -0.2) is 26.9 Å². The van der Waals surface area contributed by atoms with Gasteiger partial charge >= 0.3 is 0 Å². The zero-order valence-electron chi connectivity index (χ0n) is 16.3. The van der Waals surface area contributed by atoms with E-state index in [0.717, 1.165) is 10.9 Å². The summed E-state index contributed by atoms with van der Waals surface area (Å²) in [5.41, 5.74) is 7.18. The van der Waals surface area contributed by atoms with Crippen LogP contribution in [0.15, 0.2) is 71.6 Å². The fraction of sp³-hybridized carbons (Fsp3) is 0.227. The summed E-state index contributed by atoms with van der Waals surface area (Å²) in [5.74, 6) is -0.412. The van der Waals surface area contributed by atoms with Gasteiger partial charge in [-0.05, 0) is 55.5 Å². The van der Waals surface area contributed by atoms with Crippen molar-refractivity contribution in [3.8, 4) is 0 Å². The van der Waals surface area contributed by atoms with Gasteiger partial charge in [0.1, 0.15) is 6.04 Å². The number of nitrogens with two attached hydrogens (primary N) is 1. The van der Waals surface area contributed by atoms with Gasteiger partial charge < -0.3 is 11.1 Å². The minimum absolute atomic E-state index is 0.156. The number of hydrogen-bond donors (Lipinski definition) is 3. The molecule has 0 saturated heterocycles. The number of anilines is 1. The number of sulfonamides is 1. The Morgan fingerprint density at radius 3 is 2.31 bits per heavy atom. The van der Waals surface area contributed by atoms with Crippen molar-refractivity contribution in [1.82, 2.24) is 4.72 Å². The number of carbonyl (C=O) groups is 1. The average molecular weight is 412 g/mol. The fourth-order valence-electron chi connectivity index (χ4n) is 3.22. The molecule has 0 heterocycles. The summed E-state index contributed by atoms with van der Waals surface area (Å²) < 4.78 is 28.9. The number of hydrogen-bond acceptors (Lipinski definition) is 4. The van der Waals surface area contributed by atoms with Crippen LogP contribution in [0.3, 0.4) is 0 Å². The van der Waals surface area contributed by atoms with Crippen molar-refractivity contribution in [2.24, 2.45) is 5.73 Å². The third-order valence-corrected chi connectivity index (χ3v) is 6.27. The van der Waals surface area contributed by atoms with E-state index in [2.05, 4.69) is 10.0 Å². The van der Waals surface area contributed by atoms with Gasteiger partial charge in [-0.3, -0.25) is 4.79 Å². The number of aryl methyl sites for hydroxylation is 1. The predicted octanol–water partition coefficient (Wildman–Crippen LogP) is 3.17. The number of para-hydroxylation sites is 1. The molecule has 0 radical (unpaired) electrons. The lowest BCUT2D eigenvalue weighted by atomic mass is 10.1. The fourth-order valence-corrected chi connectivity index (χ4v) is 4.66. The Labute approximate surface area is 171 Å². The van der Waals surface area contributed by atoms with E-state index in [1.54, 1.807) is 48.5 Å². The molecule has 1 atom stereocenters. The van der Waals surface area contributed by atoms with E-state index in [9.17, 15) is 13.2 Å². The summed E-state index contributed by atoms with van der Waals surface area (Å²) in [6.07, 6.45) is 0.822. The van der Waals surface area contributed by atoms with Crippen molar-refractivity contribution in [2.45, 2.75) is 30.7 Å². The lowest BCUT2D eigenvalue weighted by Crippen LogP contribution is -2.44. The molecule has 0 aliphatic carbocycles. The molecular formula is C22H25N3O3S. The van der Waals surface area contributed by atoms with Crippen LogP contribution in [0, 0.1) is 6.92 Å². The van der Waals surface area contributed by atoms with Crippen molar-refractivity contribution in [3.63, 3.8) is 0 Å². The molecule has 29 heavy (non-hydrogen) atoms. The summed E-state index contributed by atoms with van der Waals surface area (Å²) in [6.45, 7) is 2.30. The van der Waals surface area contributed by atoms with Gasteiger partial charge in [-0.15, -0.1) is 0 Å².